The number of rotatable bonds is 6. The molecule has 0 bridgehead atoms. The van der Waals surface area contributed by atoms with E-state index in [-0.39, 0.29) is 18.5 Å². The van der Waals surface area contributed by atoms with Crippen LogP contribution in [0.15, 0.2) is 36.9 Å². The zero-order valence-corrected chi connectivity index (χ0v) is 15.0. The number of piperazine rings is 1. The van der Waals surface area contributed by atoms with Gasteiger partial charge in [0.1, 0.15) is 0 Å². The number of hydrogen-bond acceptors (Lipinski definition) is 4. The second kappa shape index (κ2) is 8.57. The van der Waals surface area contributed by atoms with Gasteiger partial charge in [-0.1, -0.05) is 11.6 Å². The van der Waals surface area contributed by atoms with Crippen LogP contribution in [0.3, 0.4) is 0 Å². The number of imidazole rings is 1. The summed E-state index contributed by atoms with van der Waals surface area (Å²) in [4.78, 5) is 29.4. The molecular weight excluding hydrogens is 356 g/mol. The zero-order chi connectivity index (χ0) is 18.4. The first kappa shape index (κ1) is 18.1. The first-order valence-electron chi connectivity index (χ1n) is 8.43. The highest BCUT2D eigenvalue weighted by molar-refractivity contribution is 6.33. The van der Waals surface area contributed by atoms with E-state index in [4.69, 9.17) is 11.6 Å². The molecule has 3 N–H and O–H groups in total. The van der Waals surface area contributed by atoms with Crippen LogP contribution in [0.5, 0.6) is 0 Å². The Labute approximate surface area is 156 Å². The van der Waals surface area contributed by atoms with Crippen molar-refractivity contribution < 1.29 is 9.59 Å². The number of benzene rings is 1. The Kier molecular flexibility index (Phi) is 5.96. The van der Waals surface area contributed by atoms with Crippen molar-refractivity contribution in [2.45, 2.75) is 13.0 Å². The van der Waals surface area contributed by atoms with E-state index >= 15 is 0 Å². The quantitative estimate of drug-likeness (QED) is 0.669. The zero-order valence-electron chi connectivity index (χ0n) is 14.2. The van der Waals surface area contributed by atoms with Crippen LogP contribution in [0.2, 0.25) is 5.02 Å². The summed E-state index contributed by atoms with van der Waals surface area (Å²) in [6, 6.07) is 5.00. The SMILES string of the molecule is O=C1CN(c2ccc(NC(=O)NCCCn3ccnc3)cc2Cl)CCN1. The lowest BCUT2D eigenvalue weighted by molar-refractivity contribution is -0.120. The van der Waals surface area contributed by atoms with Crippen molar-refractivity contribution in [3.05, 3.63) is 41.9 Å². The highest BCUT2D eigenvalue weighted by atomic mass is 35.5. The van der Waals surface area contributed by atoms with Gasteiger partial charge in [-0.25, -0.2) is 9.78 Å². The molecule has 0 aliphatic carbocycles. The standard InChI is InChI=1S/C17H21ClN6O2/c18-14-10-13(2-3-15(14)24-9-6-20-16(25)11-24)22-17(26)21-4-1-7-23-8-5-19-12-23/h2-3,5,8,10,12H,1,4,6-7,9,11H2,(H,20,25)(H2,21,22,26). The predicted molar refractivity (Wildman–Crippen MR) is 101 cm³/mol. The molecule has 26 heavy (non-hydrogen) atoms. The van der Waals surface area contributed by atoms with Gasteiger partial charge in [0.15, 0.2) is 0 Å². The minimum atomic E-state index is -0.281. The van der Waals surface area contributed by atoms with Crippen molar-refractivity contribution in [3.8, 4) is 0 Å². The first-order valence-corrected chi connectivity index (χ1v) is 8.81. The minimum Gasteiger partial charge on any atom is -0.359 e. The van der Waals surface area contributed by atoms with Crippen molar-refractivity contribution in [2.24, 2.45) is 0 Å². The molecule has 0 saturated carbocycles. The molecule has 0 radical (unpaired) electrons. The molecule has 9 heteroatoms. The van der Waals surface area contributed by atoms with Crippen molar-refractivity contribution in [2.75, 3.05) is 36.4 Å². The topological polar surface area (TPSA) is 91.3 Å². The van der Waals surface area contributed by atoms with Gasteiger partial charge in [-0.05, 0) is 24.6 Å². The average molecular weight is 377 g/mol. The molecular formula is C17H21ClN6O2. The third kappa shape index (κ3) is 4.89. The number of aromatic nitrogens is 2. The molecule has 1 saturated heterocycles. The number of nitrogens with zero attached hydrogens (tertiary/aromatic N) is 3. The van der Waals surface area contributed by atoms with Crippen LogP contribution < -0.4 is 20.9 Å². The third-order valence-corrected chi connectivity index (χ3v) is 4.33. The second-order valence-electron chi connectivity index (χ2n) is 5.97. The normalized spacial score (nSPS) is 14.0. The van der Waals surface area contributed by atoms with E-state index in [1.165, 1.54) is 0 Å². The number of carbonyl (C=O) groups is 2. The molecule has 1 aromatic carbocycles. The molecule has 8 nitrogen and oxygen atoms in total. The fourth-order valence-corrected chi connectivity index (χ4v) is 3.04. The van der Waals surface area contributed by atoms with Gasteiger partial charge in [0.2, 0.25) is 5.91 Å². The summed E-state index contributed by atoms with van der Waals surface area (Å²) >= 11 is 6.32. The Hall–Kier alpha value is -2.74. The van der Waals surface area contributed by atoms with Crippen LogP contribution in [-0.2, 0) is 11.3 Å². The van der Waals surface area contributed by atoms with Crippen LogP contribution in [0.1, 0.15) is 6.42 Å². The van der Waals surface area contributed by atoms with Crippen LogP contribution in [0.4, 0.5) is 16.2 Å². The van der Waals surface area contributed by atoms with Crippen molar-refractivity contribution in [1.29, 1.82) is 0 Å². The van der Waals surface area contributed by atoms with Crippen LogP contribution in [0.25, 0.3) is 0 Å². The summed E-state index contributed by atoms with van der Waals surface area (Å²) in [6.07, 6.45) is 6.16. The first-order chi connectivity index (χ1) is 12.6. The maximum absolute atomic E-state index is 12.0. The molecule has 0 spiro atoms. The Bertz CT molecular complexity index is 765. The molecule has 138 valence electrons. The Balaban J connectivity index is 1.47. The lowest BCUT2D eigenvalue weighted by Gasteiger charge is -2.29. The van der Waals surface area contributed by atoms with Gasteiger partial charge in [0.05, 0.1) is 23.6 Å². The Morgan fingerprint density at radius 1 is 1.38 bits per heavy atom. The van der Waals surface area contributed by atoms with E-state index in [0.717, 1.165) is 18.7 Å². The monoisotopic (exact) mass is 376 g/mol. The van der Waals surface area contributed by atoms with Gasteiger partial charge in [0, 0.05) is 44.3 Å². The van der Waals surface area contributed by atoms with E-state index in [9.17, 15) is 9.59 Å². The fraction of sp³-hybridized carbons (Fsp3) is 0.353. The highest BCUT2D eigenvalue weighted by Crippen LogP contribution is 2.29. The highest BCUT2D eigenvalue weighted by Gasteiger charge is 2.18. The molecule has 1 aliphatic heterocycles. The molecule has 0 atom stereocenters. The third-order valence-electron chi connectivity index (χ3n) is 4.02. The number of aryl methyl sites for hydroxylation is 1. The second-order valence-corrected chi connectivity index (χ2v) is 6.38. The van der Waals surface area contributed by atoms with Gasteiger partial charge in [-0.3, -0.25) is 4.79 Å². The molecule has 1 fully saturated rings. The van der Waals surface area contributed by atoms with Gasteiger partial charge in [-0.2, -0.15) is 0 Å². The van der Waals surface area contributed by atoms with Crippen LogP contribution >= 0.6 is 11.6 Å². The Morgan fingerprint density at radius 2 is 2.27 bits per heavy atom. The van der Waals surface area contributed by atoms with Crippen molar-refractivity contribution in [1.82, 2.24) is 20.2 Å². The van der Waals surface area contributed by atoms with Crippen LogP contribution in [-0.4, -0.2) is 47.7 Å². The minimum absolute atomic E-state index is 0.0235. The fourth-order valence-electron chi connectivity index (χ4n) is 2.74. The van der Waals surface area contributed by atoms with E-state index in [1.54, 1.807) is 24.7 Å². The number of nitrogens with one attached hydrogen (secondary N) is 3. The van der Waals surface area contributed by atoms with E-state index in [0.29, 0.717) is 30.3 Å². The van der Waals surface area contributed by atoms with Gasteiger partial charge >= 0.3 is 6.03 Å². The van der Waals surface area contributed by atoms with Crippen LogP contribution in [0, 0.1) is 0 Å². The molecule has 2 heterocycles. The maximum atomic E-state index is 12.0. The van der Waals surface area contributed by atoms with Crippen molar-refractivity contribution in [3.63, 3.8) is 0 Å². The number of halogens is 1. The van der Waals surface area contributed by atoms with Gasteiger partial charge in [0.25, 0.3) is 0 Å². The number of amides is 3. The summed E-state index contributed by atoms with van der Waals surface area (Å²) in [7, 11) is 0. The summed E-state index contributed by atoms with van der Waals surface area (Å²) in [5.74, 6) is -0.0235. The molecule has 0 unspecified atom stereocenters. The molecule has 1 aromatic heterocycles. The van der Waals surface area contributed by atoms with E-state index in [1.807, 2.05) is 21.7 Å². The number of hydrogen-bond donors (Lipinski definition) is 3. The maximum Gasteiger partial charge on any atom is 0.319 e. The lowest BCUT2D eigenvalue weighted by Crippen LogP contribution is -2.47. The van der Waals surface area contributed by atoms with Crippen molar-refractivity contribution >= 4 is 34.9 Å². The predicted octanol–water partition coefficient (Wildman–Crippen LogP) is 1.68. The van der Waals surface area contributed by atoms with E-state index < -0.39 is 0 Å². The summed E-state index contributed by atoms with van der Waals surface area (Å²) in [6.45, 7) is 2.93. The largest absolute Gasteiger partial charge is 0.359 e. The van der Waals surface area contributed by atoms with Gasteiger partial charge < -0.3 is 25.4 Å². The number of carbonyl (C=O) groups excluding carboxylic acids is 2. The summed E-state index contributed by atoms with van der Waals surface area (Å²) in [5.41, 5.74) is 1.39. The average Bonchev–Trinajstić information content (AvgIpc) is 3.12. The lowest BCUT2D eigenvalue weighted by atomic mass is 10.2. The molecule has 3 rings (SSSR count). The Morgan fingerprint density at radius 3 is 3.00 bits per heavy atom. The molecule has 2 aromatic rings. The van der Waals surface area contributed by atoms with E-state index in [2.05, 4.69) is 20.9 Å². The number of urea groups is 1. The smallest absolute Gasteiger partial charge is 0.319 e. The summed E-state index contributed by atoms with van der Waals surface area (Å²) < 4.78 is 1.96. The van der Waals surface area contributed by atoms with Gasteiger partial charge in [-0.15, -0.1) is 0 Å². The number of anilines is 2. The summed E-state index contributed by atoms with van der Waals surface area (Å²) in [5, 5.41) is 8.85. The molecule has 3 amide bonds. The molecule has 1 aliphatic rings.